The van der Waals surface area contributed by atoms with Crippen LogP contribution in [-0.2, 0) is 32.7 Å². The molecule has 0 aliphatic carbocycles. The predicted octanol–water partition coefficient (Wildman–Crippen LogP) is 22.3. The van der Waals surface area contributed by atoms with Crippen molar-refractivity contribution in [3.8, 4) is 0 Å². The average Bonchev–Trinajstić information content (AvgIpc) is 3.68. The Morgan fingerprint density at radius 2 is 0.614 bits per heavy atom. The van der Waals surface area contributed by atoms with E-state index in [1.165, 1.54) is 89.9 Å². The van der Waals surface area contributed by atoms with Crippen LogP contribution >= 0.6 is 7.82 Å². The van der Waals surface area contributed by atoms with Crippen LogP contribution in [-0.4, -0.2) is 70.0 Å². The molecule has 0 amide bonds. The quantitative estimate of drug-likeness (QED) is 0.0195. The van der Waals surface area contributed by atoms with Crippen molar-refractivity contribution in [3.05, 3.63) is 170 Å². The van der Waals surface area contributed by atoms with Gasteiger partial charge in [0.05, 0.1) is 27.7 Å². The lowest BCUT2D eigenvalue weighted by Gasteiger charge is -2.28. The number of ether oxygens (including phenoxy) is 2. The largest absolute Gasteiger partial charge is 0.756 e. The minimum Gasteiger partial charge on any atom is -0.756 e. The highest BCUT2D eigenvalue weighted by molar-refractivity contribution is 7.45. The highest BCUT2D eigenvalue weighted by Gasteiger charge is 2.22. The van der Waals surface area contributed by atoms with Crippen LogP contribution in [0.1, 0.15) is 258 Å². The number of nitrogens with zero attached hydrogens (tertiary/aromatic N) is 1. The monoisotopic (exact) mass is 1240 g/mol. The summed E-state index contributed by atoms with van der Waals surface area (Å²) in [7, 11) is 1.13. The number of hydrogen-bond acceptors (Lipinski definition) is 8. The Kier molecular flexibility index (Phi) is 63.3. The van der Waals surface area contributed by atoms with Crippen molar-refractivity contribution in [3.63, 3.8) is 0 Å². The maximum absolute atomic E-state index is 12.9. The second kappa shape index (κ2) is 66.8. The van der Waals surface area contributed by atoms with Crippen LogP contribution in [0.5, 0.6) is 0 Å². The van der Waals surface area contributed by atoms with Crippen molar-refractivity contribution in [1.82, 2.24) is 0 Å². The lowest BCUT2D eigenvalue weighted by molar-refractivity contribution is -0.870. The number of hydrogen-bond donors (Lipinski definition) is 0. The van der Waals surface area contributed by atoms with E-state index in [0.717, 1.165) is 128 Å². The van der Waals surface area contributed by atoms with Crippen LogP contribution in [0.25, 0.3) is 0 Å². The number of carbonyl (C=O) groups is 2. The first-order valence-corrected chi connectivity index (χ1v) is 36.3. The summed E-state index contributed by atoms with van der Waals surface area (Å²) in [5.74, 6) is -0.878. The Bertz CT molecular complexity index is 2090. The molecule has 0 bridgehead atoms. The van der Waals surface area contributed by atoms with Crippen LogP contribution in [0.4, 0.5) is 0 Å². The Balaban J connectivity index is 4.10. The minimum absolute atomic E-state index is 0.0443. The SMILES string of the molecule is CC/C=C\C/C=C\C/C=C\C/C=C\C/C=C\C/C=C\C/C=C\CCCCCCCCCCCCCCCCCCCC(=O)OC(COC(=O)CCCCC/C=C\C/C=C\C/C=C\C/C=C\C/C=C\C/C=C\C/C=C\CC)COP(=O)([O-])OCC[N+](C)(C)C. The molecule has 88 heavy (non-hydrogen) atoms. The standard InChI is InChI=1S/C78H128NO8P/c1-6-8-10-12-14-16-18-20-22-24-26-28-30-32-33-34-35-36-37-38-39-40-41-42-43-44-45-47-49-51-53-55-57-59-61-63-65-67-69-71-78(81)87-76(75-86-88(82,83)85-73-72-79(3,4)5)74-84-77(80)70-68-66-64-62-60-58-56-54-52-50-48-46-31-29-27-25-23-21-19-17-15-13-11-9-7-2/h8-11,14-17,20-23,26-29,32-33,35-36,38-39,46,48,52,54,58,60,76H,6-7,12-13,18-19,24-25,30-31,34,37,40-45,47,49-51,53,55-57,59,61-75H2,1-5H3/b10-8-,11-9-,16-14-,17-15-,22-20-,23-21-,28-26-,29-27-,33-32-,36-35-,39-38-,48-46-,54-52-,60-58-. The molecule has 2 unspecified atom stereocenters. The lowest BCUT2D eigenvalue weighted by atomic mass is 10.0. The summed E-state index contributed by atoms with van der Waals surface area (Å²) in [5, 5.41) is 0. The highest BCUT2D eigenvalue weighted by Crippen LogP contribution is 2.38. The first kappa shape index (κ1) is 83.4. The molecule has 0 aromatic heterocycles. The van der Waals surface area contributed by atoms with E-state index >= 15 is 0 Å². The van der Waals surface area contributed by atoms with Crippen molar-refractivity contribution in [2.75, 3.05) is 47.5 Å². The smallest absolute Gasteiger partial charge is 0.306 e. The van der Waals surface area contributed by atoms with E-state index in [0.29, 0.717) is 23.9 Å². The Hall–Kier alpha value is -4.63. The van der Waals surface area contributed by atoms with E-state index in [2.05, 4.69) is 184 Å². The zero-order chi connectivity index (χ0) is 64.1. The molecule has 0 aliphatic rings. The maximum atomic E-state index is 12.9. The zero-order valence-electron chi connectivity index (χ0n) is 56.6. The van der Waals surface area contributed by atoms with Gasteiger partial charge in [-0.25, -0.2) is 0 Å². The van der Waals surface area contributed by atoms with Gasteiger partial charge >= 0.3 is 11.9 Å². The summed E-state index contributed by atoms with van der Waals surface area (Å²) in [6.07, 6.45) is 101. The second-order valence-electron chi connectivity index (χ2n) is 23.8. The third-order valence-corrected chi connectivity index (χ3v) is 15.2. The fourth-order valence-electron chi connectivity index (χ4n) is 8.97. The summed E-state index contributed by atoms with van der Waals surface area (Å²) in [4.78, 5) is 38.0. The predicted molar refractivity (Wildman–Crippen MR) is 378 cm³/mol. The second-order valence-corrected chi connectivity index (χ2v) is 25.2. The van der Waals surface area contributed by atoms with Crippen molar-refractivity contribution in [1.29, 1.82) is 0 Å². The van der Waals surface area contributed by atoms with E-state index in [-0.39, 0.29) is 26.1 Å². The molecule has 10 heteroatoms. The Morgan fingerprint density at radius 3 is 0.920 bits per heavy atom. The topological polar surface area (TPSA) is 111 Å². The van der Waals surface area contributed by atoms with Gasteiger partial charge in [0.15, 0.2) is 6.10 Å². The Morgan fingerprint density at radius 1 is 0.352 bits per heavy atom. The molecule has 0 spiro atoms. The summed E-state index contributed by atoms with van der Waals surface area (Å²) < 4.78 is 34.2. The van der Waals surface area contributed by atoms with E-state index in [1.54, 1.807) is 0 Å². The number of likely N-dealkylation sites (N-methyl/N-ethyl adjacent to an activating group) is 1. The fraction of sp³-hybridized carbons (Fsp3) is 0.615. The van der Waals surface area contributed by atoms with E-state index in [4.69, 9.17) is 18.5 Å². The number of unbranched alkanes of at least 4 members (excludes halogenated alkanes) is 20. The molecule has 0 saturated heterocycles. The zero-order valence-corrected chi connectivity index (χ0v) is 57.5. The van der Waals surface area contributed by atoms with E-state index < -0.39 is 32.5 Å². The molecule has 0 aromatic carbocycles. The molecule has 0 N–H and O–H groups in total. The molecular weight excluding hydrogens is 1110 g/mol. The first-order chi connectivity index (χ1) is 43.0. The number of phosphoric acid groups is 1. The molecule has 9 nitrogen and oxygen atoms in total. The third kappa shape index (κ3) is 70.5. The van der Waals surface area contributed by atoms with Crippen LogP contribution in [0.2, 0.25) is 0 Å². The highest BCUT2D eigenvalue weighted by atomic mass is 31.2. The van der Waals surface area contributed by atoms with Crippen molar-refractivity contribution >= 4 is 19.8 Å². The van der Waals surface area contributed by atoms with Gasteiger partial charge in [-0.15, -0.1) is 0 Å². The van der Waals surface area contributed by atoms with Crippen molar-refractivity contribution < 1.29 is 42.1 Å². The molecule has 0 aliphatic heterocycles. The van der Waals surface area contributed by atoms with Crippen LogP contribution in [0.3, 0.4) is 0 Å². The number of quaternary nitrogens is 1. The summed E-state index contributed by atoms with van der Waals surface area (Å²) in [5.41, 5.74) is 0. The Labute approximate surface area is 540 Å². The van der Waals surface area contributed by atoms with E-state index in [9.17, 15) is 19.0 Å². The van der Waals surface area contributed by atoms with Gasteiger partial charge in [-0.3, -0.25) is 14.2 Å². The number of esters is 2. The normalized spacial score (nSPS) is 14.2. The summed E-state index contributed by atoms with van der Waals surface area (Å²) in [6, 6.07) is 0. The number of allylic oxidation sites excluding steroid dienone is 28. The molecule has 0 rings (SSSR count). The third-order valence-electron chi connectivity index (χ3n) is 14.2. The summed E-state index contributed by atoms with van der Waals surface area (Å²) in [6.45, 7) is 3.96. The van der Waals surface area contributed by atoms with Crippen molar-refractivity contribution in [2.45, 2.75) is 264 Å². The van der Waals surface area contributed by atoms with Gasteiger partial charge in [-0.05, 0) is 128 Å². The van der Waals surface area contributed by atoms with Gasteiger partial charge in [0, 0.05) is 12.8 Å². The van der Waals surface area contributed by atoms with Gasteiger partial charge < -0.3 is 27.9 Å². The van der Waals surface area contributed by atoms with Gasteiger partial charge in [-0.1, -0.05) is 287 Å². The first-order valence-electron chi connectivity index (χ1n) is 34.8. The molecule has 0 saturated carbocycles. The number of rotatable bonds is 62. The molecule has 2 atom stereocenters. The molecule has 0 radical (unpaired) electrons. The van der Waals surface area contributed by atoms with Gasteiger partial charge in [0.2, 0.25) is 0 Å². The molecule has 0 heterocycles. The van der Waals surface area contributed by atoms with Crippen LogP contribution in [0.15, 0.2) is 170 Å². The average molecular weight is 1240 g/mol. The molecule has 0 aromatic rings. The van der Waals surface area contributed by atoms with Gasteiger partial charge in [-0.2, -0.15) is 0 Å². The van der Waals surface area contributed by atoms with Gasteiger partial charge in [0.25, 0.3) is 7.82 Å². The molecular formula is C78H128NO8P. The summed E-state index contributed by atoms with van der Waals surface area (Å²) >= 11 is 0. The maximum Gasteiger partial charge on any atom is 0.306 e. The number of carbonyl (C=O) groups excluding carboxylic acids is 2. The van der Waals surface area contributed by atoms with Crippen LogP contribution in [0, 0.1) is 0 Å². The van der Waals surface area contributed by atoms with Gasteiger partial charge in [0.1, 0.15) is 19.8 Å². The van der Waals surface area contributed by atoms with Crippen LogP contribution < -0.4 is 4.89 Å². The minimum atomic E-state index is -4.66. The van der Waals surface area contributed by atoms with E-state index in [1.807, 2.05) is 21.1 Å². The molecule has 0 fully saturated rings. The number of phosphoric ester groups is 1. The van der Waals surface area contributed by atoms with Crippen molar-refractivity contribution in [2.24, 2.45) is 0 Å². The fourth-order valence-corrected chi connectivity index (χ4v) is 9.70. The molecule has 498 valence electrons. The lowest BCUT2D eigenvalue weighted by Crippen LogP contribution is -2.37.